The van der Waals surface area contributed by atoms with Gasteiger partial charge in [-0.1, -0.05) is 6.92 Å². The van der Waals surface area contributed by atoms with E-state index in [9.17, 15) is 19.5 Å². The van der Waals surface area contributed by atoms with Crippen LogP contribution in [0.1, 0.15) is 19.0 Å². The molecule has 0 aromatic carbocycles. The number of aryl methyl sites for hydroxylation is 1. The average molecular weight is 375 g/mol. The van der Waals surface area contributed by atoms with Crippen molar-refractivity contribution in [2.75, 3.05) is 44.2 Å². The predicted octanol–water partition coefficient (Wildman–Crippen LogP) is 0.00282. The fourth-order valence-electron chi connectivity index (χ4n) is 3.68. The molecule has 3 rings (SSSR count). The van der Waals surface area contributed by atoms with E-state index in [1.165, 1.54) is 4.90 Å². The Labute approximate surface area is 158 Å². The second-order valence-corrected chi connectivity index (χ2v) is 7.21. The number of hydrogen-bond acceptors (Lipinski definition) is 6. The number of anilines is 1. The maximum absolute atomic E-state index is 12.6. The van der Waals surface area contributed by atoms with Crippen LogP contribution in [0.2, 0.25) is 0 Å². The molecule has 2 atom stereocenters. The van der Waals surface area contributed by atoms with Gasteiger partial charge in [-0.15, -0.1) is 0 Å². The molecule has 1 aromatic heterocycles. The molecule has 2 saturated heterocycles. The van der Waals surface area contributed by atoms with E-state index in [0.717, 1.165) is 11.5 Å². The normalized spacial score (nSPS) is 23.3. The van der Waals surface area contributed by atoms with Crippen molar-refractivity contribution in [3.05, 3.63) is 18.1 Å². The minimum atomic E-state index is -0.916. The number of carbonyl (C=O) groups excluding carboxylic acids is 2. The van der Waals surface area contributed by atoms with Crippen molar-refractivity contribution in [2.24, 2.45) is 11.8 Å². The second kappa shape index (κ2) is 7.89. The van der Waals surface area contributed by atoms with Crippen molar-refractivity contribution >= 4 is 23.6 Å². The topological polar surface area (TPSA) is 107 Å². The summed E-state index contributed by atoms with van der Waals surface area (Å²) >= 11 is 0. The molecule has 1 aromatic rings. The first kappa shape index (κ1) is 19.1. The van der Waals surface area contributed by atoms with E-state index in [1.807, 2.05) is 13.8 Å². The molecule has 146 valence electrons. The molecule has 0 saturated carbocycles. The van der Waals surface area contributed by atoms with Crippen LogP contribution in [0.5, 0.6) is 0 Å². The Morgan fingerprint density at radius 1 is 1.00 bits per heavy atom. The van der Waals surface area contributed by atoms with Gasteiger partial charge in [-0.05, 0) is 19.3 Å². The fraction of sp³-hybridized carbons (Fsp3) is 0.611. The van der Waals surface area contributed by atoms with Crippen molar-refractivity contribution in [1.29, 1.82) is 0 Å². The van der Waals surface area contributed by atoms with Gasteiger partial charge in [-0.3, -0.25) is 19.4 Å². The predicted molar refractivity (Wildman–Crippen MR) is 97.0 cm³/mol. The minimum Gasteiger partial charge on any atom is -0.481 e. The van der Waals surface area contributed by atoms with Crippen LogP contribution < -0.4 is 4.90 Å². The average Bonchev–Trinajstić information content (AvgIpc) is 2.67. The number of aliphatic carboxylic acids is 1. The number of likely N-dealkylation sites (tertiary alicyclic amines) is 1. The van der Waals surface area contributed by atoms with Crippen molar-refractivity contribution in [2.45, 2.75) is 20.3 Å². The maximum Gasteiger partial charge on any atom is 0.312 e. The maximum atomic E-state index is 12.6. The summed E-state index contributed by atoms with van der Waals surface area (Å²) < 4.78 is 0. The highest BCUT2D eigenvalue weighted by Crippen LogP contribution is 2.24. The largest absolute Gasteiger partial charge is 0.481 e. The lowest BCUT2D eigenvalue weighted by Crippen LogP contribution is -2.55. The summed E-state index contributed by atoms with van der Waals surface area (Å²) in [5, 5.41) is 9.31. The number of carboxylic acids is 1. The van der Waals surface area contributed by atoms with Gasteiger partial charge in [0, 0.05) is 51.7 Å². The van der Waals surface area contributed by atoms with Gasteiger partial charge in [-0.2, -0.15) is 0 Å². The van der Waals surface area contributed by atoms with Crippen LogP contribution in [0.25, 0.3) is 0 Å². The molecule has 2 aliphatic rings. The molecular weight excluding hydrogens is 350 g/mol. The summed E-state index contributed by atoms with van der Waals surface area (Å²) in [6.45, 7) is 6.28. The van der Waals surface area contributed by atoms with Crippen LogP contribution in [-0.4, -0.2) is 81.9 Å². The molecule has 0 radical (unpaired) electrons. The summed E-state index contributed by atoms with van der Waals surface area (Å²) in [5.74, 6) is -1.89. The second-order valence-electron chi connectivity index (χ2n) is 7.21. The smallest absolute Gasteiger partial charge is 0.312 e. The summed E-state index contributed by atoms with van der Waals surface area (Å²) in [7, 11) is 0. The van der Waals surface area contributed by atoms with Crippen molar-refractivity contribution in [1.82, 2.24) is 19.8 Å². The molecule has 0 spiro atoms. The highest BCUT2D eigenvalue weighted by molar-refractivity contribution is 6.35. The molecule has 27 heavy (non-hydrogen) atoms. The van der Waals surface area contributed by atoms with Gasteiger partial charge >= 0.3 is 17.8 Å². The monoisotopic (exact) mass is 375 g/mol. The molecule has 9 nitrogen and oxygen atoms in total. The highest BCUT2D eigenvalue weighted by Gasteiger charge is 2.37. The molecule has 0 aliphatic carbocycles. The minimum absolute atomic E-state index is 0.000387. The van der Waals surface area contributed by atoms with E-state index in [0.29, 0.717) is 39.1 Å². The number of rotatable bonds is 2. The Morgan fingerprint density at radius 3 is 2.26 bits per heavy atom. The first-order valence-electron chi connectivity index (χ1n) is 9.22. The van der Waals surface area contributed by atoms with E-state index in [2.05, 4.69) is 14.9 Å². The van der Waals surface area contributed by atoms with E-state index < -0.39 is 23.7 Å². The van der Waals surface area contributed by atoms with Crippen LogP contribution in [0.4, 0.5) is 5.82 Å². The van der Waals surface area contributed by atoms with Gasteiger partial charge < -0.3 is 19.8 Å². The third kappa shape index (κ3) is 4.01. The Bertz CT molecular complexity index is 732. The lowest BCUT2D eigenvalue weighted by molar-refractivity contribution is -0.156. The fourth-order valence-corrected chi connectivity index (χ4v) is 3.68. The molecule has 9 heteroatoms. The van der Waals surface area contributed by atoms with Crippen LogP contribution in [0.3, 0.4) is 0 Å². The van der Waals surface area contributed by atoms with Gasteiger partial charge in [0.2, 0.25) is 0 Å². The van der Waals surface area contributed by atoms with Crippen LogP contribution in [-0.2, 0) is 14.4 Å². The highest BCUT2D eigenvalue weighted by atomic mass is 16.4. The Kier molecular flexibility index (Phi) is 5.57. The summed E-state index contributed by atoms with van der Waals surface area (Å²) in [6.07, 6.45) is 3.87. The van der Waals surface area contributed by atoms with Crippen LogP contribution in [0.15, 0.2) is 12.4 Å². The molecule has 2 amide bonds. The molecule has 2 aliphatic heterocycles. The number of carboxylic acid groups (broad SMARTS) is 1. The zero-order valence-electron chi connectivity index (χ0n) is 15.7. The summed E-state index contributed by atoms with van der Waals surface area (Å²) in [6, 6.07) is 0. The van der Waals surface area contributed by atoms with Crippen molar-refractivity contribution in [3.8, 4) is 0 Å². The molecule has 2 fully saturated rings. The van der Waals surface area contributed by atoms with Crippen LogP contribution in [0, 0.1) is 18.8 Å². The summed E-state index contributed by atoms with van der Waals surface area (Å²) in [5.41, 5.74) is 0.829. The van der Waals surface area contributed by atoms with Gasteiger partial charge in [0.15, 0.2) is 0 Å². The third-order valence-electron chi connectivity index (χ3n) is 5.47. The first-order chi connectivity index (χ1) is 12.9. The zero-order chi connectivity index (χ0) is 19.6. The standard InChI is InChI=1S/C18H25N5O4/c1-12-3-6-23(11-14(12)18(26)27)17(25)16(24)22-9-7-21(8-10-22)15-13(2)19-4-5-20-15/h4-5,12,14H,3,6-11H2,1-2H3,(H,26,27). The zero-order valence-corrected chi connectivity index (χ0v) is 15.7. The van der Waals surface area contributed by atoms with Gasteiger partial charge in [0.1, 0.15) is 5.82 Å². The number of piperidine rings is 1. The quantitative estimate of drug-likeness (QED) is 0.725. The number of carbonyl (C=O) groups is 3. The lowest BCUT2D eigenvalue weighted by Gasteiger charge is -2.38. The number of piperazine rings is 1. The number of amides is 2. The van der Waals surface area contributed by atoms with Crippen LogP contribution >= 0.6 is 0 Å². The van der Waals surface area contributed by atoms with Crippen molar-refractivity contribution < 1.29 is 19.5 Å². The molecule has 1 N–H and O–H groups in total. The number of hydrogen-bond donors (Lipinski definition) is 1. The Balaban J connectivity index is 1.58. The van der Waals surface area contributed by atoms with E-state index in [4.69, 9.17) is 0 Å². The van der Waals surface area contributed by atoms with Gasteiger partial charge in [0.25, 0.3) is 0 Å². The lowest BCUT2D eigenvalue weighted by atomic mass is 9.87. The Morgan fingerprint density at radius 2 is 1.63 bits per heavy atom. The van der Waals surface area contributed by atoms with Crippen molar-refractivity contribution in [3.63, 3.8) is 0 Å². The molecule has 0 bridgehead atoms. The SMILES string of the molecule is Cc1nccnc1N1CCN(C(=O)C(=O)N2CCC(C)C(C(=O)O)C2)CC1. The van der Waals surface area contributed by atoms with Gasteiger partial charge in [-0.25, -0.2) is 4.98 Å². The van der Waals surface area contributed by atoms with E-state index >= 15 is 0 Å². The summed E-state index contributed by atoms with van der Waals surface area (Å²) in [4.78, 5) is 50.1. The first-order valence-corrected chi connectivity index (χ1v) is 9.22. The number of aromatic nitrogens is 2. The van der Waals surface area contributed by atoms with E-state index in [-0.39, 0.29) is 12.5 Å². The molecule has 2 unspecified atom stereocenters. The third-order valence-corrected chi connectivity index (χ3v) is 5.47. The Hall–Kier alpha value is -2.71. The number of nitrogens with zero attached hydrogens (tertiary/aromatic N) is 5. The van der Waals surface area contributed by atoms with E-state index in [1.54, 1.807) is 17.3 Å². The van der Waals surface area contributed by atoms with Gasteiger partial charge in [0.05, 0.1) is 11.6 Å². The molecule has 3 heterocycles. The molecular formula is C18H25N5O4.